The average molecular weight is 260 g/mol. The minimum absolute atomic E-state index is 0.0842. The number of aromatic amines is 1. The van der Waals surface area contributed by atoms with Crippen LogP contribution in [0, 0.1) is 6.92 Å². The molecule has 19 heavy (non-hydrogen) atoms. The maximum atomic E-state index is 10.8. The van der Waals surface area contributed by atoms with Crippen molar-refractivity contribution in [3.05, 3.63) is 35.7 Å². The fourth-order valence-corrected chi connectivity index (χ4v) is 1.88. The SMILES string of the molecule is CCOc1ccccc1-c1nc(CC(=O)O)c(C)[nH]1. The van der Waals surface area contributed by atoms with Crippen molar-refractivity contribution in [2.45, 2.75) is 20.3 Å². The zero-order valence-electron chi connectivity index (χ0n) is 10.9. The fourth-order valence-electron chi connectivity index (χ4n) is 1.88. The van der Waals surface area contributed by atoms with Crippen molar-refractivity contribution in [3.8, 4) is 17.1 Å². The van der Waals surface area contributed by atoms with E-state index in [0.29, 0.717) is 18.1 Å². The number of benzene rings is 1. The number of aryl methyl sites for hydroxylation is 1. The van der Waals surface area contributed by atoms with E-state index in [1.807, 2.05) is 38.1 Å². The third kappa shape index (κ3) is 2.93. The zero-order valence-corrected chi connectivity index (χ0v) is 10.9. The van der Waals surface area contributed by atoms with Crippen LogP contribution < -0.4 is 4.74 Å². The molecule has 0 unspecified atom stereocenters. The second-order valence-electron chi connectivity index (χ2n) is 4.16. The predicted octanol–water partition coefficient (Wildman–Crippen LogP) is 2.41. The number of para-hydroxylation sites is 1. The molecule has 5 heteroatoms. The number of nitrogens with zero attached hydrogens (tertiary/aromatic N) is 1. The molecule has 100 valence electrons. The summed E-state index contributed by atoms with van der Waals surface area (Å²) in [6.07, 6.45) is -0.0842. The molecule has 0 fully saturated rings. The van der Waals surface area contributed by atoms with E-state index < -0.39 is 5.97 Å². The Morgan fingerprint density at radius 1 is 1.42 bits per heavy atom. The van der Waals surface area contributed by atoms with Gasteiger partial charge in [-0.25, -0.2) is 4.98 Å². The van der Waals surface area contributed by atoms with E-state index in [2.05, 4.69) is 9.97 Å². The first-order chi connectivity index (χ1) is 9.11. The first kappa shape index (κ1) is 13.1. The van der Waals surface area contributed by atoms with Crippen LogP contribution in [0.4, 0.5) is 0 Å². The molecule has 0 bridgehead atoms. The second kappa shape index (κ2) is 5.56. The van der Waals surface area contributed by atoms with E-state index in [9.17, 15) is 4.79 Å². The Kier molecular flexibility index (Phi) is 3.85. The highest BCUT2D eigenvalue weighted by atomic mass is 16.5. The molecule has 2 aromatic rings. The highest BCUT2D eigenvalue weighted by Crippen LogP contribution is 2.28. The number of carboxylic acid groups (broad SMARTS) is 1. The Balaban J connectivity index is 2.39. The van der Waals surface area contributed by atoms with Crippen molar-refractivity contribution >= 4 is 5.97 Å². The summed E-state index contributed by atoms with van der Waals surface area (Å²) in [5.74, 6) is 0.484. The molecule has 5 nitrogen and oxygen atoms in total. The molecule has 2 rings (SSSR count). The number of hydrogen-bond donors (Lipinski definition) is 2. The third-order valence-corrected chi connectivity index (χ3v) is 2.75. The van der Waals surface area contributed by atoms with Crippen molar-refractivity contribution in [1.82, 2.24) is 9.97 Å². The van der Waals surface area contributed by atoms with E-state index in [-0.39, 0.29) is 6.42 Å². The topological polar surface area (TPSA) is 75.2 Å². The number of H-pyrrole nitrogens is 1. The molecule has 0 spiro atoms. The van der Waals surface area contributed by atoms with Crippen LogP contribution in [0.5, 0.6) is 5.75 Å². The molecule has 0 amide bonds. The van der Waals surface area contributed by atoms with Crippen molar-refractivity contribution < 1.29 is 14.6 Å². The van der Waals surface area contributed by atoms with Crippen LogP contribution in [0.1, 0.15) is 18.3 Å². The van der Waals surface area contributed by atoms with E-state index in [1.165, 1.54) is 0 Å². The van der Waals surface area contributed by atoms with Crippen LogP contribution in [0.15, 0.2) is 24.3 Å². The van der Waals surface area contributed by atoms with Gasteiger partial charge in [0, 0.05) is 5.69 Å². The molecular weight excluding hydrogens is 244 g/mol. The van der Waals surface area contributed by atoms with Crippen LogP contribution in [-0.2, 0) is 11.2 Å². The summed E-state index contributed by atoms with van der Waals surface area (Å²) in [6, 6.07) is 7.55. The molecule has 0 saturated heterocycles. The monoisotopic (exact) mass is 260 g/mol. The highest BCUT2D eigenvalue weighted by Gasteiger charge is 2.14. The molecule has 0 aliphatic rings. The largest absolute Gasteiger partial charge is 0.493 e. The maximum Gasteiger partial charge on any atom is 0.309 e. The molecule has 0 radical (unpaired) electrons. The molecule has 0 atom stereocenters. The molecule has 2 N–H and O–H groups in total. The van der Waals surface area contributed by atoms with Crippen LogP contribution in [-0.4, -0.2) is 27.7 Å². The number of rotatable bonds is 5. The lowest BCUT2D eigenvalue weighted by atomic mass is 10.2. The number of hydrogen-bond acceptors (Lipinski definition) is 3. The molecule has 0 aliphatic heterocycles. The summed E-state index contributed by atoms with van der Waals surface area (Å²) >= 11 is 0. The summed E-state index contributed by atoms with van der Waals surface area (Å²) < 4.78 is 5.55. The second-order valence-corrected chi connectivity index (χ2v) is 4.16. The lowest BCUT2D eigenvalue weighted by Gasteiger charge is -2.07. The van der Waals surface area contributed by atoms with Crippen LogP contribution in [0.2, 0.25) is 0 Å². The maximum absolute atomic E-state index is 10.8. The van der Waals surface area contributed by atoms with Gasteiger partial charge in [-0.15, -0.1) is 0 Å². The van der Waals surface area contributed by atoms with E-state index in [1.54, 1.807) is 0 Å². The van der Waals surface area contributed by atoms with Gasteiger partial charge < -0.3 is 14.8 Å². The standard InChI is InChI=1S/C14H16N2O3/c1-3-19-12-7-5-4-6-10(12)14-15-9(2)11(16-14)8-13(17)18/h4-7H,3,8H2,1-2H3,(H,15,16)(H,17,18). The van der Waals surface area contributed by atoms with Gasteiger partial charge in [-0.3, -0.25) is 4.79 Å². The predicted molar refractivity (Wildman–Crippen MR) is 71.3 cm³/mol. The van der Waals surface area contributed by atoms with E-state index >= 15 is 0 Å². The Bertz CT molecular complexity index is 590. The number of carboxylic acids is 1. The molecular formula is C14H16N2O3. The van der Waals surface area contributed by atoms with Gasteiger partial charge in [0.2, 0.25) is 0 Å². The van der Waals surface area contributed by atoms with Gasteiger partial charge >= 0.3 is 5.97 Å². The quantitative estimate of drug-likeness (QED) is 0.865. The zero-order chi connectivity index (χ0) is 13.8. The minimum Gasteiger partial charge on any atom is -0.493 e. The normalized spacial score (nSPS) is 10.4. The van der Waals surface area contributed by atoms with Crippen molar-refractivity contribution in [1.29, 1.82) is 0 Å². The number of imidazole rings is 1. The Morgan fingerprint density at radius 3 is 2.84 bits per heavy atom. The number of aromatic nitrogens is 2. The molecule has 1 heterocycles. The molecule has 0 aliphatic carbocycles. The van der Waals surface area contributed by atoms with Crippen molar-refractivity contribution in [2.75, 3.05) is 6.61 Å². The van der Waals surface area contributed by atoms with Crippen LogP contribution in [0.25, 0.3) is 11.4 Å². The van der Waals surface area contributed by atoms with Gasteiger partial charge in [-0.1, -0.05) is 12.1 Å². The number of ether oxygens (including phenoxy) is 1. The van der Waals surface area contributed by atoms with Crippen molar-refractivity contribution in [3.63, 3.8) is 0 Å². The Morgan fingerprint density at radius 2 is 2.16 bits per heavy atom. The van der Waals surface area contributed by atoms with Gasteiger partial charge in [-0.05, 0) is 26.0 Å². The van der Waals surface area contributed by atoms with Crippen molar-refractivity contribution in [2.24, 2.45) is 0 Å². The van der Waals surface area contributed by atoms with Gasteiger partial charge in [0.25, 0.3) is 0 Å². The van der Waals surface area contributed by atoms with E-state index in [4.69, 9.17) is 9.84 Å². The molecule has 1 aromatic heterocycles. The summed E-state index contributed by atoms with van der Waals surface area (Å²) in [5, 5.41) is 8.83. The molecule has 1 aromatic carbocycles. The summed E-state index contributed by atoms with van der Waals surface area (Å²) in [6.45, 7) is 4.30. The van der Waals surface area contributed by atoms with Gasteiger partial charge in [0.1, 0.15) is 11.6 Å². The fraction of sp³-hybridized carbons (Fsp3) is 0.286. The lowest BCUT2D eigenvalue weighted by molar-refractivity contribution is -0.136. The summed E-state index contributed by atoms with van der Waals surface area (Å²) in [4.78, 5) is 18.2. The smallest absolute Gasteiger partial charge is 0.309 e. The minimum atomic E-state index is -0.890. The number of carbonyl (C=O) groups is 1. The lowest BCUT2D eigenvalue weighted by Crippen LogP contribution is -2.01. The van der Waals surface area contributed by atoms with Crippen LogP contribution in [0.3, 0.4) is 0 Å². The van der Waals surface area contributed by atoms with E-state index in [0.717, 1.165) is 17.0 Å². The first-order valence-corrected chi connectivity index (χ1v) is 6.11. The molecule has 0 saturated carbocycles. The number of nitrogens with one attached hydrogen (secondary N) is 1. The Labute approximate surface area is 111 Å². The summed E-state index contributed by atoms with van der Waals surface area (Å²) in [7, 11) is 0. The number of aliphatic carboxylic acids is 1. The van der Waals surface area contributed by atoms with Gasteiger partial charge in [0.15, 0.2) is 0 Å². The Hall–Kier alpha value is -2.30. The summed E-state index contributed by atoms with van der Waals surface area (Å²) in [5.41, 5.74) is 2.15. The van der Waals surface area contributed by atoms with Crippen LogP contribution >= 0.6 is 0 Å². The first-order valence-electron chi connectivity index (χ1n) is 6.11. The average Bonchev–Trinajstić information content (AvgIpc) is 2.71. The third-order valence-electron chi connectivity index (χ3n) is 2.75. The van der Waals surface area contributed by atoms with Gasteiger partial charge in [-0.2, -0.15) is 0 Å². The van der Waals surface area contributed by atoms with Gasteiger partial charge in [0.05, 0.1) is 24.3 Å². The highest BCUT2D eigenvalue weighted by molar-refractivity contribution is 5.71.